The summed E-state index contributed by atoms with van der Waals surface area (Å²) in [6, 6.07) is 7.97. The number of hydrogen-bond donors (Lipinski definition) is 2. The molecule has 4 heteroatoms. The smallest absolute Gasteiger partial charge is 0.0992 e. The molecule has 0 aromatic heterocycles. The van der Waals surface area contributed by atoms with E-state index >= 15 is 0 Å². The first-order valence-corrected chi connectivity index (χ1v) is 6.31. The minimum absolute atomic E-state index is 0.155. The minimum Gasteiger partial charge on any atom is -0.382 e. The van der Waals surface area contributed by atoms with Gasteiger partial charge in [-0.2, -0.15) is 5.26 Å². The number of hydrogen-bond acceptors (Lipinski definition) is 4. The lowest BCUT2D eigenvalue weighted by atomic mass is 10.0. The second-order valence-electron chi connectivity index (χ2n) is 5.50. The largest absolute Gasteiger partial charge is 0.382 e. The molecule has 0 saturated carbocycles. The Labute approximate surface area is 108 Å². The number of anilines is 2. The summed E-state index contributed by atoms with van der Waals surface area (Å²) in [4.78, 5) is 2.31. The van der Waals surface area contributed by atoms with E-state index in [1.807, 2.05) is 32.0 Å². The second kappa shape index (κ2) is 4.87. The molecule has 1 aliphatic rings. The third kappa shape index (κ3) is 2.93. The highest BCUT2D eigenvalue weighted by Crippen LogP contribution is 2.30. The van der Waals surface area contributed by atoms with Crippen LogP contribution in [0.3, 0.4) is 0 Å². The Morgan fingerprint density at radius 2 is 2.28 bits per heavy atom. The van der Waals surface area contributed by atoms with Gasteiger partial charge in [-0.05, 0) is 38.5 Å². The molecule has 0 unspecified atom stereocenters. The molecule has 2 rings (SSSR count). The fourth-order valence-corrected chi connectivity index (χ4v) is 2.11. The maximum absolute atomic E-state index is 8.98. The van der Waals surface area contributed by atoms with Gasteiger partial charge in [-0.3, -0.25) is 0 Å². The van der Waals surface area contributed by atoms with Crippen LogP contribution in [-0.2, 0) is 0 Å². The summed E-state index contributed by atoms with van der Waals surface area (Å²) in [6.45, 7) is 6.90. The number of nitriles is 1. The van der Waals surface area contributed by atoms with E-state index in [1.165, 1.54) is 0 Å². The van der Waals surface area contributed by atoms with E-state index in [9.17, 15) is 0 Å². The van der Waals surface area contributed by atoms with Gasteiger partial charge in [-0.25, -0.2) is 0 Å². The zero-order valence-corrected chi connectivity index (χ0v) is 11.0. The molecule has 0 bridgehead atoms. The zero-order valence-electron chi connectivity index (χ0n) is 11.0. The summed E-state index contributed by atoms with van der Waals surface area (Å²) in [5, 5.41) is 12.3. The molecule has 0 radical (unpaired) electrons. The molecule has 1 aliphatic heterocycles. The van der Waals surface area contributed by atoms with Crippen molar-refractivity contribution < 1.29 is 0 Å². The van der Waals surface area contributed by atoms with Gasteiger partial charge in [0.05, 0.1) is 23.0 Å². The highest BCUT2D eigenvalue weighted by molar-refractivity contribution is 5.73. The zero-order chi connectivity index (χ0) is 13.2. The molecule has 1 aromatic rings. The van der Waals surface area contributed by atoms with E-state index in [2.05, 4.69) is 16.3 Å². The third-order valence-corrected chi connectivity index (χ3v) is 3.19. The second-order valence-corrected chi connectivity index (χ2v) is 5.50. The van der Waals surface area contributed by atoms with Gasteiger partial charge in [-0.15, -0.1) is 0 Å². The molecule has 0 aliphatic carbocycles. The molecule has 0 atom stereocenters. The summed E-state index contributed by atoms with van der Waals surface area (Å²) in [5.74, 6) is 0. The molecule has 96 valence electrons. The maximum Gasteiger partial charge on any atom is 0.0992 e. The number of fused-ring (bicyclic) bond motifs is 1. The van der Waals surface area contributed by atoms with Gasteiger partial charge >= 0.3 is 0 Å². The van der Waals surface area contributed by atoms with Crippen LogP contribution >= 0.6 is 0 Å². The normalized spacial score (nSPS) is 14.7. The van der Waals surface area contributed by atoms with Crippen LogP contribution in [0, 0.1) is 11.3 Å². The van der Waals surface area contributed by atoms with Crippen LogP contribution in [0.2, 0.25) is 0 Å². The lowest BCUT2D eigenvalue weighted by molar-refractivity contribution is 0.474. The lowest BCUT2D eigenvalue weighted by Gasteiger charge is -2.34. The topological polar surface area (TPSA) is 65.1 Å². The van der Waals surface area contributed by atoms with Crippen LogP contribution < -0.4 is 16.0 Å². The Balaban J connectivity index is 2.19. The van der Waals surface area contributed by atoms with Crippen LogP contribution in [0.25, 0.3) is 0 Å². The van der Waals surface area contributed by atoms with Crippen molar-refractivity contribution in [2.24, 2.45) is 5.73 Å². The van der Waals surface area contributed by atoms with Gasteiger partial charge in [-0.1, -0.05) is 0 Å². The average molecular weight is 244 g/mol. The highest BCUT2D eigenvalue weighted by Gasteiger charge is 2.19. The quantitative estimate of drug-likeness (QED) is 0.852. The van der Waals surface area contributed by atoms with Crippen molar-refractivity contribution >= 4 is 11.4 Å². The molecule has 18 heavy (non-hydrogen) atoms. The van der Waals surface area contributed by atoms with Gasteiger partial charge in [0.15, 0.2) is 0 Å². The van der Waals surface area contributed by atoms with E-state index in [1.54, 1.807) is 0 Å². The first kappa shape index (κ1) is 12.7. The first-order valence-electron chi connectivity index (χ1n) is 6.31. The Hall–Kier alpha value is -1.73. The Morgan fingerprint density at radius 3 is 2.94 bits per heavy atom. The summed E-state index contributed by atoms with van der Waals surface area (Å²) in [5.41, 5.74) is 8.80. The number of benzene rings is 1. The number of nitrogens with one attached hydrogen (secondary N) is 1. The van der Waals surface area contributed by atoms with E-state index in [0.29, 0.717) is 5.56 Å². The fraction of sp³-hybridized carbons (Fsp3) is 0.500. The molecule has 1 heterocycles. The van der Waals surface area contributed by atoms with E-state index in [0.717, 1.165) is 37.4 Å². The van der Waals surface area contributed by atoms with Crippen molar-refractivity contribution in [3.63, 3.8) is 0 Å². The predicted molar refractivity (Wildman–Crippen MR) is 74.7 cm³/mol. The Kier molecular flexibility index (Phi) is 3.44. The standard InChI is InChI=1S/C14H20N4/c1-14(2,16)5-7-18-8-6-17-12-4-3-11(10-15)9-13(12)18/h3-4,9,17H,5-8,16H2,1-2H3. The average Bonchev–Trinajstić information content (AvgIpc) is 2.34. The summed E-state index contributed by atoms with van der Waals surface area (Å²) < 4.78 is 0. The van der Waals surface area contributed by atoms with E-state index < -0.39 is 0 Å². The van der Waals surface area contributed by atoms with Gasteiger partial charge in [0.25, 0.3) is 0 Å². The van der Waals surface area contributed by atoms with Gasteiger partial charge in [0.2, 0.25) is 0 Å². The minimum atomic E-state index is -0.155. The van der Waals surface area contributed by atoms with Crippen molar-refractivity contribution in [3.8, 4) is 6.07 Å². The molecular formula is C14H20N4. The van der Waals surface area contributed by atoms with Crippen molar-refractivity contribution in [1.29, 1.82) is 5.26 Å². The van der Waals surface area contributed by atoms with Crippen LogP contribution in [-0.4, -0.2) is 25.2 Å². The van der Waals surface area contributed by atoms with Crippen molar-refractivity contribution in [2.75, 3.05) is 29.9 Å². The molecule has 0 spiro atoms. The van der Waals surface area contributed by atoms with Gasteiger partial charge in [0.1, 0.15) is 0 Å². The predicted octanol–water partition coefficient (Wildman–Crippen LogP) is 1.92. The SMILES string of the molecule is CC(C)(N)CCN1CCNc2ccc(C#N)cc21. The summed E-state index contributed by atoms with van der Waals surface area (Å²) in [7, 11) is 0. The lowest BCUT2D eigenvalue weighted by Crippen LogP contribution is -2.40. The Morgan fingerprint density at radius 1 is 1.50 bits per heavy atom. The maximum atomic E-state index is 8.98. The number of rotatable bonds is 3. The highest BCUT2D eigenvalue weighted by atomic mass is 15.2. The van der Waals surface area contributed by atoms with E-state index in [-0.39, 0.29) is 5.54 Å². The summed E-state index contributed by atoms with van der Waals surface area (Å²) >= 11 is 0. The van der Waals surface area contributed by atoms with Gasteiger partial charge < -0.3 is 16.0 Å². The van der Waals surface area contributed by atoms with Crippen LogP contribution in [0.5, 0.6) is 0 Å². The molecule has 4 nitrogen and oxygen atoms in total. The Bertz CT molecular complexity index is 468. The molecule has 1 aromatic carbocycles. The summed E-state index contributed by atoms with van der Waals surface area (Å²) in [6.07, 6.45) is 0.934. The number of nitrogens with zero attached hydrogens (tertiary/aromatic N) is 2. The first-order chi connectivity index (χ1) is 8.49. The van der Waals surface area contributed by atoms with E-state index in [4.69, 9.17) is 11.0 Å². The van der Waals surface area contributed by atoms with Crippen molar-refractivity contribution in [2.45, 2.75) is 25.8 Å². The van der Waals surface area contributed by atoms with Crippen LogP contribution in [0.4, 0.5) is 11.4 Å². The number of nitrogens with two attached hydrogens (primary N) is 1. The molecule has 0 fully saturated rings. The molecule has 0 amide bonds. The van der Waals surface area contributed by atoms with Crippen molar-refractivity contribution in [1.82, 2.24) is 0 Å². The molecule has 0 saturated heterocycles. The van der Waals surface area contributed by atoms with Crippen LogP contribution in [0.1, 0.15) is 25.8 Å². The van der Waals surface area contributed by atoms with Gasteiger partial charge in [0, 0.05) is 25.2 Å². The van der Waals surface area contributed by atoms with Crippen molar-refractivity contribution in [3.05, 3.63) is 23.8 Å². The third-order valence-electron chi connectivity index (χ3n) is 3.19. The fourth-order valence-electron chi connectivity index (χ4n) is 2.11. The monoisotopic (exact) mass is 244 g/mol. The molecule has 3 N–H and O–H groups in total. The molecular weight excluding hydrogens is 224 g/mol. The van der Waals surface area contributed by atoms with Crippen LogP contribution in [0.15, 0.2) is 18.2 Å².